The Morgan fingerprint density at radius 1 is 1.27 bits per heavy atom. The van der Waals surface area contributed by atoms with Gasteiger partial charge in [-0.25, -0.2) is 4.79 Å². The van der Waals surface area contributed by atoms with Crippen LogP contribution in [0.1, 0.15) is 26.7 Å². The van der Waals surface area contributed by atoms with Gasteiger partial charge in [0, 0.05) is 38.1 Å². The number of hydrogen-bond acceptors (Lipinski definition) is 4. The molecule has 120 valence electrons. The first-order valence-corrected chi connectivity index (χ1v) is 8.04. The monoisotopic (exact) mass is 305 g/mol. The number of ether oxygens (including phenoxy) is 2. The number of carbonyl (C=O) groups is 1. The van der Waals surface area contributed by atoms with Crippen LogP contribution in [0, 0.1) is 0 Å². The van der Waals surface area contributed by atoms with Crippen LogP contribution in [0.4, 0.5) is 5.69 Å². The number of nitrogens with zero attached hydrogens (tertiary/aromatic N) is 2. The zero-order chi connectivity index (χ0) is 15.8. The van der Waals surface area contributed by atoms with Crippen LogP contribution in [0.2, 0.25) is 0 Å². The highest BCUT2D eigenvalue weighted by Crippen LogP contribution is 2.42. The molecule has 5 heteroatoms. The standard InChI is InChI=1S/C17H25N2O3/c1-4-17(2)21-15-7-6-14(12-16(15)22-17)18-8-5-10-19(3,13-20)11-9-18/h6-7,12-13H,4-5,8-11H2,1-3H3/q+1. The number of carbonyl (C=O) groups excluding carboxylic acids is 1. The van der Waals surface area contributed by atoms with Gasteiger partial charge in [0.15, 0.2) is 11.5 Å². The Hall–Kier alpha value is -1.75. The van der Waals surface area contributed by atoms with Crippen molar-refractivity contribution in [2.75, 3.05) is 38.1 Å². The Kier molecular flexibility index (Phi) is 3.77. The van der Waals surface area contributed by atoms with E-state index in [1.807, 2.05) is 20.0 Å². The normalized spacial score (nSPS) is 31.0. The number of rotatable bonds is 3. The maximum atomic E-state index is 11.3. The third-order valence-corrected chi connectivity index (χ3v) is 4.82. The van der Waals surface area contributed by atoms with E-state index in [4.69, 9.17) is 9.47 Å². The van der Waals surface area contributed by atoms with E-state index in [9.17, 15) is 4.79 Å². The quantitative estimate of drug-likeness (QED) is 0.635. The molecular formula is C17H25N2O3+. The smallest absolute Gasteiger partial charge is 0.301 e. The molecule has 1 aromatic rings. The van der Waals surface area contributed by atoms with Crippen molar-refractivity contribution in [2.45, 2.75) is 32.5 Å². The van der Waals surface area contributed by atoms with Crippen molar-refractivity contribution in [1.82, 2.24) is 0 Å². The maximum Gasteiger partial charge on any atom is 0.301 e. The van der Waals surface area contributed by atoms with Crippen LogP contribution in [0.15, 0.2) is 18.2 Å². The van der Waals surface area contributed by atoms with Crippen LogP contribution in [0.25, 0.3) is 0 Å². The van der Waals surface area contributed by atoms with Crippen molar-refractivity contribution in [2.24, 2.45) is 0 Å². The fourth-order valence-corrected chi connectivity index (χ4v) is 3.05. The fourth-order valence-electron chi connectivity index (χ4n) is 3.05. The summed E-state index contributed by atoms with van der Waals surface area (Å²) in [6, 6.07) is 6.14. The van der Waals surface area contributed by atoms with Crippen molar-refractivity contribution < 1.29 is 18.8 Å². The lowest BCUT2D eigenvalue weighted by Crippen LogP contribution is -2.45. The van der Waals surface area contributed by atoms with Crippen LogP contribution in [-0.2, 0) is 4.79 Å². The van der Waals surface area contributed by atoms with E-state index in [2.05, 4.69) is 24.0 Å². The van der Waals surface area contributed by atoms with Gasteiger partial charge in [-0.05, 0) is 12.1 Å². The number of amides is 1. The van der Waals surface area contributed by atoms with E-state index >= 15 is 0 Å². The minimum Gasteiger partial charge on any atom is -0.449 e. The molecule has 2 aliphatic heterocycles. The molecule has 0 saturated carbocycles. The second kappa shape index (κ2) is 5.47. The van der Waals surface area contributed by atoms with Crippen LogP contribution in [0.5, 0.6) is 11.5 Å². The van der Waals surface area contributed by atoms with E-state index in [1.165, 1.54) is 0 Å². The lowest BCUT2D eigenvalue weighted by Gasteiger charge is -2.26. The summed E-state index contributed by atoms with van der Waals surface area (Å²) < 4.78 is 12.3. The number of quaternary nitrogens is 1. The molecule has 0 bridgehead atoms. The van der Waals surface area contributed by atoms with Gasteiger partial charge in [0.1, 0.15) is 6.54 Å². The summed E-state index contributed by atoms with van der Waals surface area (Å²) in [6.07, 6.45) is 2.88. The predicted octanol–water partition coefficient (Wildman–Crippen LogP) is 2.40. The second-order valence-corrected chi connectivity index (χ2v) is 6.70. The third kappa shape index (κ3) is 2.77. The van der Waals surface area contributed by atoms with Crippen molar-refractivity contribution >= 4 is 12.1 Å². The minimum atomic E-state index is -0.549. The predicted molar refractivity (Wildman–Crippen MR) is 85.2 cm³/mol. The topological polar surface area (TPSA) is 38.8 Å². The van der Waals surface area contributed by atoms with Crippen LogP contribution in [-0.4, -0.2) is 49.9 Å². The van der Waals surface area contributed by atoms with Crippen molar-refractivity contribution in [3.8, 4) is 11.5 Å². The Balaban J connectivity index is 1.77. The lowest BCUT2D eigenvalue weighted by molar-refractivity contribution is -0.822. The summed E-state index contributed by atoms with van der Waals surface area (Å²) in [7, 11) is 2.00. The molecule has 1 saturated heterocycles. The Bertz CT molecular complexity index is 577. The summed E-state index contributed by atoms with van der Waals surface area (Å²) in [4.78, 5) is 13.6. The number of hydrogen-bond donors (Lipinski definition) is 0. The molecule has 0 aliphatic carbocycles. The molecule has 2 atom stereocenters. The average molecular weight is 305 g/mol. The molecule has 5 nitrogen and oxygen atoms in total. The molecule has 2 aliphatic rings. The second-order valence-electron chi connectivity index (χ2n) is 6.70. The van der Waals surface area contributed by atoms with Crippen LogP contribution in [0.3, 0.4) is 0 Å². The van der Waals surface area contributed by atoms with Gasteiger partial charge in [0.25, 0.3) is 0 Å². The Morgan fingerprint density at radius 2 is 2.05 bits per heavy atom. The minimum absolute atomic E-state index is 0.495. The Morgan fingerprint density at radius 3 is 2.77 bits per heavy atom. The zero-order valence-electron chi connectivity index (χ0n) is 13.7. The Labute approximate surface area is 132 Å². The molecule has 0 aromatic heterocycles. The van der Waals surface area contributed by atoms with Crippen LogP contribution < -0.4 is 14.4 Å². The average Bonchev–Trinajstić information content (AvgIpc) is 2.73. The third-order valence-electron chi connectivity index (χ3n) is 4.82. The highest BCUT2D eigenvalue weighted by atomic mass is 16.7. The molecule has 1 amide bonds. The van der Waals surface area contributed by atoms with E-state index in [0.717, 1.165) is 62.6 Å². The van der Waals surface area contributed by atoms with Gasteiger partial charge in [-0.2, -0.15) is 0 Å². The lowest BCUT2D eigenvalue weighted by atomic mass is 10.2. The SMILES string of the molecule is CCC1(C)Oc2ccc(N3CCC[N+](C)(C=O)CC3)cc2O1. The summed E-state index contributed by atoms with van der Waals surface area (Å²) in [5.41, 5.74) is 1.14. The molecule has 1 aromatic carbocycles. The highest BCUT2D eigenvalue weighted by Gasteiger charge is 2.35. The molecule has 3 rings (SSSR count). The first-order valence-electron chi connectivity index (χ1n) is 8.04. The van der Waals surface area contributed by atoms with E-state index < -0.39 is 5.79 Å². The first kappa shape index (κ1) is 15.2. The molecule has 22 heavy (non-hydrogen) atoms. The maximum absolute atomic E-state index is 11.3. The number of benzene rings is 1. The number of anilines is 1. The van der Waals surface area contributed by atoms with Gasteiger partial charge in [-0.3, -0.25) is 4.48 Å². The molecule has 0 radical (unpaired) electrons. The summed E-state index contributed by atoms with van der Waals surface area (Å²) in [6.45, 7) is 7.60. The molecule has 2 unspecified atom stereocenters. The van der Waals surface area contributed by atoms with E-state index in [-0.39, 0.29) is 0 Å². The zero-order valence-corrected chi connectivity index (χ0v) is 13.7. The first-order chi connectivity index (χ1) is 10.5. The van der Waals surface area contributed by atoms with Gasteiger partial charge in [-0.1, -0.05) is 6.92 Å². The molecule has 0 spiro atoms. The van der Waals surface area contributed by atoms with Gasteiger partial charge < -0.3 is 14.4 Å². The number of fused-ring (bicyclic) bond motifs is 1. The summed E-state index contributed by atoms with van der Waals surface area (Å²) >= 11 is 0. The molecule has 1 fully saturated rings. The van der Waals surface area contributed by atoms with Gasteiger partial charge in [-0.15, -0.1) is 0 Å². The fraction of sp³-hybridized carbons (Fsp3) is 0.588. The van der Waals surface area contributed by atoms with Crippen LogP contribution >= 0.6 is 0 Å². The summed E-state index contributed by atoms with van der Waals surface area (Å²) in [5, 5.41) is 0. The number of likely N-dealkylation sites (N-methyl/N-ethyl adjacent to an activating group) is 1. The highest BCUT2D eigenvalue weighted by molar-refractivity contribution is 5.58. The van der Waals surface area contributed by atoms with E-state index in [1.54, 1.807) is 0 Å². The molecule has 2 heterocycles. The van der Waals surface area contributed by atoms with Gasteiger partial charge >= 0.3 is 6.41 Å². The van der Waals surface area contributed by atoms with E-state index in [0.29, 0.717) is 4.48 Å². The van der Waals surface area contributed by atoms with Crippen molar-refractivity contribution in [1.29, 1.82) is 0 Å². The summed E-state index contributed by atoms with van der Waals surface area (Å²) in [5.74, 6) is 1.09. The van der Waals surface area contributed by atoms with Gasteiger partial charge in [0.2, 0.25) is 5.79 Å². The molecule has 0 N–H and O–H groups in total. The van der Waals surface area contributed by atoms with Crippen molar-refractivity contribution in [3.63, 3.8) is 0 Å². The molecular weight excluding hydrogens is 280 g/mol. The van der Waals surface area contributed by atoms with Gasteiger partial charge in [0.05, 0.1) is 20.1 Å². The largest absolute Gasteiger partial charge is 0.449 e. The van der Waals surface area contributed by atoms with Crippen molar-refractivity contribution in [3.05, 3.63) is 18.2 Å².